The van der Waals surface area contributed by atoms with E-state index in [1.807, 2.05) is 0 Å². The number of amides is 2. The maximum Gasteiger partial charge on any atom is 0.340 e. The molecule has 1 aliphatic heterocycles. The average molecular weight is 495 g/mol. The first-order valence-electron chi connectivity index (χ1n) is 10.2. The van der Waals surface area contributed by atoms with Crippen LogP contribution in [-0.2, 0) is 19.6 Å². The summed E-state index contributed by atoms with van der Waals surface area (Å²) in [7, 11) is -2.30. The summed E-state index contributed by atoms with van der Waals surface area (Å²) >= 11 is 6.06. The van der Waals surface area contributed by atoms with E-state index in [2.05, 4.69) is 5.32 Å². The van der Waals surface area contributed by atoms with E-state index >= 15 is 0 Å². The van der Waals surface area contributed by atoms with Crippen molar-refractivity contribution in [3.63, 3.8) is 0 Å². The molecular formula is C22H23ClN2O7S. The van der Waals surface area contributed by atoms with E-state index in [0.29, 0.717) is 18.8 Å². The Morgan fingerprint density at radius 3 is 2.33 bits per heavy atom. The SMILES string of the molecule is COc1ccc(C(=O)NC(=O)COC(=O)c2cc(S(=O)(=O)N3CCCCC3)ccc2Cl)cc1. The van der Waals surface area contributed by atoms with Crippen LogP contribution in [0.25, 0.3) is 0 Å². The van der Waals surface area contributed by atoms with E-state index in [-0.39, 0.29) is 21.0 Å². The van der Waals surface area contributed by atoms with Crippen molar-refractivity contribution in [3.8, 4) is 5.75 Å². The van der Waals surface area contributed by atoms with Gasteiger partial charge in [0.05, 0.1) is 22.6 Å². The van der Waals surface area contributed by atoms with Crippen LogP contribution in [0.2, 0.25) is 5.02 Å². The van der Waals surface area contributed by atoms with E-state index < -0.39 is 34.4 Å². The van der Waals surface area contributed by atoms with Gasteiger partial charge in [-0.3, -0.25) is 14.9 Å². The molecule has 2 aromatic carbocycles. The molecule has 11 heteroatoms. The molecule has 1 fully saturated rings. The quantitative estimate of drug-likeness (QED) is 0.587. The van der Waals surface area contributed by atoms with Crippen molar-refractivity contribution in [2.45, 2.75) is 24.2 Å². The van der Waals surface area contributed by atoms with Gasteiger partial charge >= 0.3 is 5.97 Å². The molecule has 1 heterocycles. The number of nitrogens with one attached hydrogen (secondary N) is 1. The van der Waals surface area contributed by atoms with Gasteiger partial charge in [0, 0.05) is 18.7 Å². The van der Waals surface area contributed by atoms with Crippen LogP contribution in [0.5, 0.6) is 5.75 Å². The van der Waals surface area contributed by atoms with Gasteiger partial charge in [0.2, 0.25) is 10.0 Å². The number of nitrogens with zero attached hydrogens (tertiary/aromatic N) is 1. The van der Waals surface area contributed by atoms with Gasteiger partial charge in [-0.15, -0.1) is 0 Å². The maximum absolute atomic E-state index is 12.9. The molecule has 0 aromatic heterocycles. The minimum absolute atomic E-state index is 0.0210. The van der Waals surface area contributed by atoms with Crippen molar-refractivity contribution in [3.05, 3.63) is 58.6 Å². The predicted molar refractivity (Wildman–Crippen MR) is 120 cm³/mol. The first-order chi connectivity index (χ1) is 15.7. The zero-order valence-corrected chi connectivity index (χ0v) is 19.4. The number of hydrogen-bond donors (Lipinski definition) is 1. The first-order valence-corrected chi connectivity index (χ1v) is 12.0. The van der Waals surface area contributed by atoms with Gasteiger partial charge in [-0.2, -0.15) is 4.31 Å². The molecule has 3 rings (SSSR count). The van der Waals surface area contributed by atoms with Gasteiger partial charge in [0.25, 0.3) is 11.8 Å². The minimum atomic E-state index is -3.78. The van der Waals surface area contributed by atoms with Crippen molar-refractivity contribution in [2.24, 2.45) is 0 Å². The molecule has 1 N–H and O–H groups in total. The fraction of sp³-hybridized carbons (Fsp3) is 0.318. The summed E-state index contributed by atoms with van der Waals surface area (Å²) in [5.74, 6) is -1.96. The van der Waals surface area contributed by atoms with Crippen molar-refractivity contribution in [2.75, 3.05) is 26.8 Å². The molecule has 176 valence electrons. The molecule has 1 aliphatic rings. The van der Waals surface area contributed by atoms with E-state index in [0.717, 1.165) is 25.3 Å². The van der Waals surface area contributed by atoms with Crippen LogP contribution in [0.15, 0.2) is 47.4 Å². The largest absolute Gasteiger partial charge is 0.497 e. The summed E-state index contributed by atoms with van der Waals surface area (Å²) in [6.07, 6.45) is 2.51. The second kappa shape index (κ2) is 10.8. The number of benzene rings is 2. The van der Waals surface area contributed by atoms with E-state index in [9.17, 15) is 22.8 Å². The Balaban J connectivity index is 1.63. The second-order valence-corrected chi connectivity index (χ2v) is 9.63. The Morgan fingerprint density at radius 2 is 1.70 bits per heavy atom. The van der Waals surface area contributed by atoms with Gasteiger partial charge in [-0.1, -0.05) is 18.0 Å². The molecule has 2 amide bonds. The number of hydrogen-bond acceptors (Lipinski definition) is 7. The molecule has 0 atom stereocenters. The third-order valence-electron chi connectivity index (χ3n) is 5.05. The fourth-order valence-corrected chi connectivity index (χ4v) is 5.00. The maximum atomic E-state index is 12.9. The van der Waals surface area contributed by atoms with Crippen LogP contribution >= 0.6 is 11.6 Å². The monoisotopic (exact) mass is 494 g/mol. The Labute approximate surface area is 196 Å². The average Bonchev–Trinajstić information content (AvgIpc) is 2.83. The number of carbonyl (C=O) groups is 3. The lowest BCUT2D eigenvalue weighted by molar-refractivity contribution is -0.123. The minimum Gasteiger partial charge on any atom is -0.497 e. The standard InChI is InChI=1S/C22H23ClN2O7S/c1-31-16-7-5-15(6-8-16)21(27)24-20(26)14-32-22(28)18-13-17(9-10-19(18)23)33(29,30)25-11-3-2-4-12-25/h5-10,13H,2-4,11-12,14H2,1H3,(H,24,26,27). The van der Waals surface area contributed by atoms with Gasteiger partial charge in [-0.25, -0.2) is 13.2 Å². The Hall–Kier alpha value is -2.95. The zero-order chi connectivity index (χ0) is 24.0. The van der Waals surface area contributed by atoms with Crippen LogP contribution in [0.3, 0.4) is 0 Å². The summed E-state index contributed by atoms with van der Waals surface area (Å²) in [6, 6.07) is 9.82. The zero-order valence-electron chi connectivity index (χ0n) is 17.9. The van der Waals surface area contributed by atoms with Crippen LogP contribution in [0.1, 0.15) is 40.0 Å². The van der Waals surface area contributed by atoms with Crippen molar-refractivity contribution >= 4 is 39.4 Å². The number of carbonyl (C=O) groups excluding carboxylic acids is 3. The molecule has 0 aliphatic carbocycles. The normalized spacial score (nSPS) is 14.4. The lowest BCUT2D eigenvalue weighted by Gasteiger charge is -2.26. The van der Waals surface area contributed by atoms with Crippen molar-refractivity contribution in [1.29, 1.82) is 0 Å². The summed E-state index contributed by atoms with van der Waals surface area (Å²) in [5, 5.41) is 2.08. The molecule has 33 heavy (non-hydrogen) atoms. The third-order valence-corrected chi connectivity index (χ3v) is 7.27. The fourth-order valence-electron chi connectivity index (χ4n) is 3.26. The third kappa shape index (κ3) is 6.10. The molecule has 0 unspecified atom stereocenters. The number of sulfonamides is 1. The predicted octanol–water partition coefficient (Wildman–Crippen LogP) is 2.64. The number of rotatable bonds is 7. The topological polar surface area (TPSA) is 119 Å². The highest BCUT2D eigenvalue weighted by atomic mass is 35.5. The summed E-state index contributed by atoms with van der Waals surface area (Å²) < 4.78 is 37.0. The van der Waals surface area contributed by atoms with E-state index in [4.69, 9.17) is 21.1 Å². The molecule has 0 radical (unpaired) electrons. The number of imide groups is 1. The van der Waals surface area contributed by atoms with Gasteiger partial charge in [0.1, 0.15) is 5.75 Å². The summed E-state index contributed by atoms with van der Waals surface area (Å²) in [4.78, 5) is 36.5. The highest BCUT2D eigenvalue weighted by Gasteiger charge is 2.27. The highest BCUT2D eigenvalue weighted by Crippen LogP contribution is 2.25. The summed E-state index contributed by atoms with van der Waals surface area (Å²) in [5.41, 5.74) is 0.0261. The van der Waals surface area contributed by atoms with Crippen molar-refractivity contribution < 1.29 is 32.3 Å². The molecule has 0 bridgehead atoms. The Kier molecular flexibility index (Phi) is 8.06. The summed E-state index contributed by atoms with van der Waals surface area (Å²) in [6.45, 7) is 0.0699. The van der Waals surface area contributed by atoms with Crippen LogP contribution in [-0.4, -0.2) is 57.3 Å². The van der Waals surface area contributed by atoms with E-state index in [1.165, 1.54) is 35.7 Å². The Bertz CT molecular complexity index is 1140. The number of esters is 1. The molecule has 1 saturated heterocycles. The number of halogens is 1. The van der Waals surface area contributed by atoms with Crippen molar-refractivity contribution in [1.82, 2.24) is 9.62 Å². The van der Waals surface area contributed by atoms with Crippen LogP contribution < -0.4 is 10.1 Å². The Morgan fingerprint density at radius 1 is 1.03 bits per heavy atom. The van der Waals surface area contributed by atoms with Gasteiger partial charge < -0.3 is 9.47 Å². The van der Waals surface area contributed by atoms with E-state index in [1.54, 1.807) is 12.1 Å². The smallest absolute Gasteiger partial charge is 0.340 e. The second-order valence-electron chi connectivity index (χ2n) is 7.29. The number of piperidine rings is 1. The molecule has 0 saturated carbocycles. The lowest BCUT2D eigenvalue weighted by atomic mass is 10.2. The lowest BCUT2D eigenvalue weighted by Crippen LogP contribution is -2.35. The van der Waals surface area contributed by atoms with Gasteiger partial charge in [-0.05, 0) is 55.3 Å². The van der Waals surface area contributed by atoms with Crippen LogP contribution in [0.4, 0.5) is 0 Å². The number of ether oxygens (including phenoxy) is 2. The highest BCUT2D eigenvalue weighted by molar-refractivity contribution is 7.89. The molecule has 0 spiro atoms. The molecular weight excluding hydrogens is 472 g/mol. The number of methoxy groups -OCH3 is 1. The molecule has 2 aromatic rings. The first kappa shape index (κ1) is 24.7. The van der Waals surface area contributed by atoms with Crippen LogP contribution in [0, 0.1) is 0 Å². The molecule has 9 nitrogen and oxygen atoms in total. The van der Waals surface area contributed by atoms with Gasteiger partial charge in [0.15, 0.2) is 6.61 Å².